The van der Waals surface area contributed by atoms with Crippen LogP contribution in [0.4, 0.5) is 4.39 Å². The van der Waals surface area contributed by atoms with Crippen molar-refractivity contribution in [2.45, 2.75) is 0 Å². The van der Waals surface area contributed by atoms with Gasteiger partial charge in [0, 0.05) is 12.3 Å². The van der Waals surface area contributed by atoms with E-state index in [-0.39, 0.29) is 18.7 Å². The van der Waals surface area contributed by atoms with Crippen LogP contribution in [-0.4, -0.2) is 24.0 Å². The summed E-state index contributed by atoms with van der Waals surface area (Å²) in [6, 6.07) is 10.8. The smallest absolute Gasteiger partial charge is 0.254 e. The van der Waals surface area contributed by atoms with Gasteiger partial charge in [0.25, 0.3) is 5.91 Å². The lowest BCUT2D eigenvalue weighted by molar-refractivity contribution is 0.0942. The molecule has 1 amide bonds. The zero-order valence-electron chi connectivity index (χ0n) is 11.0. The summed E-state index contributed by atoms with van der Waals surface area (Å²) >= 11 is 0. The molecule has 0 bridgehead atoms. The summed E-state index contributed by atoms with van der Waals surface area (Å²) in [5.74, 6) is -0.774. The zero-order chi connectivity index (χ0) is 15.1. The summed E-state index contributed by atoms with van der Waals surface area (Å²) in [6.07, 6.45) is 1.46. The van der Waals surface area contributed by atoms with Gasteiger partial charge in [-0.1, -0.05) is 12.1 Å². The largest absolute Gasteiger partial charge is 0.476 e. The second-order valence-corrected chi connectivity index (χ2v) is 4.08. The molecular formula is C15H12FN3O2. The van der Waals surface area contributed by atoms with Crippen LogP contribution >= 0.6 is 0 Å². The molecule has 0 atom stereocenters. The number of benzene rings is 1. The van der Waals surface area contributed by atoms with Crippen LogP contribution in [0.25, 0.3) is 0 Å². The molecule has 1 aromatic carbocycles. The lowest BCUT2D eigenvalue weighted by atomic mass is 10.2. The molecule has 1 N–H and O–H groups in total. The third-order valence-corrected chi connectivity index (χ3v) is 2.62. The average molecular weight is 285 g/mol. The average Bonchev–Trinajstić information content (AvgIpc) is 2.52. The first-order valence-corrected chi connectivity index (χ1v) is 6.22. The van der Waals surface area contributed by atoms with E-state index >= 15 is 0 Å². The molecule has 0 radical (unpaired) electrons. The Kier molecular flexibility index (Phi) is 4.83. The third-order valence-electron chi connectivity index (χ3n) is 2.62. The molecule has 0 fully saturated rings. The highest BCUT2D eigenvalue weighted by Crippen LogP contribution is 2.08. The summed E-state index contributed by atoms with van der Waals surface area (Å²) in [6.45, 7) is 0.369. The lowest BCUT2D eigenvalue weighted by Crippen LogP contribution is -2.28. The Morgan fingerprint density at radius 2 is 2.19 bits per heavy atom. The number of rotatable bonds is 5. The van der Waals surface area contributed by atoms with Gasteiger partial charge in [-0.15, -0.1) is 0 Å². The number of carbonyl (C=O) groups excluding carboxylic acids is 1. The third kappa shape index (κ3) is 4.01. The molecular weight excluding hydrogens is 273 g/mol. The van der Waals surface area contributed by atoms with Crippen molar-refractivity contribution in [1.29, 1.82) is 5.26 Å². The van der Waals surface area contributed by atoms with E-state index < -0.39 is 11.7 Å². The van der Waals surface area contributed by atoms with Gasteiger partial charge < -0.3 is 10.1 Å². The van der Waals surface area contributed by atoms with E-state index in [4.69, 9.17) is 10.00 Å². The van der Waals surface area contributed by atoms with Gasteiger partial charge in [0.2, 0.25) is 5.88 Å². The number of aromatic nitrogens is 1. The van der Waals surface area contributed by atoms with E-state index in [1.54, 1.807) is 12.1 Å². The summed E-state index contributed by atoms with van der Waals surface area (Å²) in [5, 5.41) is 11.3. The molecule has 0 aliphatic rings. The first kappa shape index (κ1) is 14.5. The van der Waals surface area contributed by atoms with Crippen LogP contribution in [0.3, 0.4) is 0 Å². The van der Waals surface area contributed by atoms with E-state index in [0.717, 1.165) is 0 Å². The van der Waals surface area contributed by atoms with Gasteiger partial charge in [0.05, 0.1) is 23.7 Å². The Bertz CT molecular complexity index is 683. The Morgan fingerprint density at radius 3 is 2.95 bits per heavy atom. The van der Waals surface area contributed by atoms with Gasteiger partial charge >= 0.3 is 0 Å². The van der Waals surface area contributed by atoms with E-state index in [2.05, 4.69) is 10.3 Å². The van der Waals surface area contributed by atoms with Crippen LogP contribution in [0, 0.1) is 17.1 Å². The molecule has 21 heavy (non-hydrogen) atoms. The predicted molar refractivity (Wildman–Crippen MR) is 73.2 cm³/mol. The molecule has 1 aromatic heterocycles. The van der Waals surface area contributed by atoms with Gasteiger partial charge in [-0.3, -0.25) is 4.79 Å². The van der Waals surface area contributed by atoms with Gasteiger partial charge in [-0.05, 0) is 18.2 Å². The number of amides is 1. The fourth-order valence-corrected chi connectivity index (χ4v) is 1.62. The van der Waals surface area contributed by atoms with E-state index in [9.17, 15) is 9.18 Å². The molecule has 0 aliphatic carbocycles. The summed E-state index contributed by atoms with van der Waals surface area (Å²) < 4.78 is 18.7. The highest BCUT2D eigenvalue weighted by molar-refractivity contribution is 5.94. The highest BCUT2D eigenvalue weighted by atomic mass is 19.1. The Labute approximate surface area is 121 Å². The van der Waals surface area contributed by atoms with Crippen LogP contribution in [0.2, 0.25) is 0 Å². The topological polar surface area (TPSA) is 75.0 Å². The number of ether oxygens (including phenoxy) is 1. The molecule has 106 valence electrons. The molecule has 0 unspecified atom stereocenters. The van der Waals surface area contributed by atoms with Crippen molar-refractivity contribution in [3.63, 3.8) is 0 Å². The molecule has 0 saturated heterocycles. The minimum atomic E-state index is -0.570. The summed E-state index contributed by atoms with van der Waals surface area (Å²) in [4.78, 5) is 15.6. The number of hydrogen-bond donors (Lipinski definition) is 1. The molecule has 2 rings (SSSR count). The van der Waals surface area contributed by atoms with E-state index in [1.807, 2.05) is 6.07 Å². The van der Waals surface area contributed by atoms with E-state index in [1.165, 1.54) is 30.5 Å². The van der Waals surface area contributed by atoms with Gasteiger partial charge in [0.15, 0.2) is 0 Å². The van der Waals surface area contributed by atoms with Crippen LogP contribution < -0.4 is 10.1 Å². The monoisotopic (exact) mass is 285 g/mol. The molecule has 0 spiro atoms. The lowest BCUT2D eigenvalue weighted by Gasteiger charge is -2.07. The summed E-state index contributed by atoms with van der Waals surface area (Å²) in [5.41, 5.74) is 0.428. The molecule has 0 aliphatic heterocycles. The fourth-order valence-electron chi connectivity index (χ4n) is 1.62. The van der Waals surface area contributed by atoms with Crippen molar-refractivity contribution in [2.24, 2.45) is 0 Å². The Hall–Kier alpha value is -2.94. The number of nitrogens with zero attached hydrogens (tertiary/aromatic N) is 2. The Morgan fingerprint density at radius 1 is 1.38 bits per heavy atom. The molecule has 6 heteroatoms. The number of halogens is 1. The van der Waals surface area contributed by atoms with Crippen molar-refractivity contribution in [3.8, 4) is 11.9 Å². The van der Waals surface area contributed by atoms with Crippen LogP contribution in [-0.2, 0) is 0 Å². The van der Waals surface area contributed by atoms with Crippen molar-refractivity contribution < 1.29 is 13.9 Å². The minimum Gasteiger partial charge on any atom is -0.476 e. The number of hydrogen-bond acceptors (Lipinski definition) is 4. The van der Waals surface area contributed by atoms with Crippen LogP contribution in [0.15, 0.2) is 42.6 Å². The number of nitriles is 1. The Balaban J connectivity index is 1.81. The molecule has 0 saturated carbocycles. The molecule has 1 heterocycles. The molecule has 2 aromatic rings. The second-order valence-electron chi connectivity index (χ2n) is 4.08. The predicted octanol–water partition coefficient (Wildman–Crippen LogP) is 1.90. The highest BCUT2D eigenvalue weighted by Gasteiger charge is 2.09. The zero-order valence-corrected chi connectivity index (χ0v) is 11.0. The number of pyridine rings is 1. The maximum Gasteiger partial charge on any atom is 0.254 e. The fraction of sp³-hybridized carbons (Fsp3) is 0.133. The van der Waals surface area contributed by atoms with Gasteiger partial charge in [-0.25, -0.2) is 9.37 Å². The van der Waals surface area contributed by atoms with Crippen molar-refractivity contribution in [3.05, 3.63) is 59.5 Å². The maximum absolute atomic E-state index is 13.4. The normalized spacial score (nSPS) is 9.71. The first-order chi connectivity index (χ1) is 10.2. The van der Waals surface area contributed by atoms with Crippen molar-refractivity contribution >= 4 is 5.91 Å². The minimum absolute atomic E-state index is 0.0119. The van der Waals surface area contributed by atoms with Crippen LogP contribution in [0.1, 0.15) is 15.9 Å². The van der Waals surface area contributed by atoms with Gasteiger partial charge in [-0.2, -0.15) is 5.26 Å². The van der Waals surface area contributed by atoms with E-state index in [0.29, 0.717) is 11.4 Å². The SMILES string of the molecule is N#Cc1ccnc(OCCNC(=O)c2ccccc2F)c1. The standard InChI is InChI=1S/C15H12FN3O2/c16-13-4-2-1-3-12(13)15(20)19-7-8-21-14-9-11(10-17)5-6-18-14/h1-6,9H,7-8H2,(H,19,20). The quantitative estimate of drug-likeness (QED) is 0.851. The first-order valence-electron chi connectivity index (χ1n) is 6.22. The second kappa shape index (κ2) is 7.01. The maximum atomic E-state index is 13.4. The van der Waals surface area contributed by atoms with Crippen LogP contribution in [0.5, 0.6) is 5.88 Å². The van der Waals surface area contributed by atoms with Crippen molar-refractivity contribution in [1.82, 2.24) is 10.3 Å². The number of nitrogens with one attached hydrogen (secondary N) is 1. The molecule has 5 nitrogen and oxygen atoms in total. The summed E-state index contributed by atoms with van der Waals surface area (Å²) in [7, 11) is 0. The van der Waals surface area contributed by atoms with Crippen molar-refractivity contribution in [2.75, 3.05) is 13.2 Å². The number of carbonyl (C=O) groups is 1. The van der Waals surface area contributed by atoms with Gasteiger partial charge in [0.1, 0.15) is 12.4 Å².